The molecule has 1 unspecified atom stereocenters. The third kappa shape index (κ3) is 4.41. The van der Waals surface area contributed by atoms with Crippen LogP contribution < -0.4 is 10.1 Å². The van der Waals surface area contributed by atoms with Gasteiger partial charge in [0.1, 0.15) is 11.4 Å². The van der Waals surface area contributed by atoms with Crippen LogP contribution in [0.4, 0.5) is 0 Å². The molecule has 2 aliphatic heterocycles. The standard InChI is InChI=1S/C25H32N2O4S/c1-3-25(4-2)18-22(21-12-8-9-13-23(21)31-25)26-24(28)19-14-16-27(17-15-19)32(29,30)20-10-6-5-7-11-20/h5-13,19,22H,3-4,14-18H2,1-2H3,(H,26,28). The minimum atomic E-state index is -3.52. The second-order valence-corrected chi connectivity index (χ2v) is 10.7. The van der Waals surface area contributed by atoms with Crippen molar-refractivity contribution in [3.8, 4) is 5.75 Å². The average molecular weight is 457 g/mol. The molecule has 0 bridgehead atoms. The molecule has 0 radical (unpaired) electrons. The molecule has 0 aliphatic carbocycles. The van der Waals surface area contributed by atoms with Gasteiger partial charge in [-0.25, -0.2) is 8.42 Å². The minimum Gasteiger partial charge on any atom is -0.487 e. The zero-order valence-corrected chi connectivity index (χ0v) is 19.6. The normalized spacial score (nSPS) is 21.4. The number of amides is 1. The molecule has 2 aromatic carbocycles. The van der Waals surface area contributed by atoms with E-state index in [1.807, 2.05) is 24.3 Å². The van der Waals surface area contributed by atoms with E-state index >= 15 is 0 Å². The summed E-state index contributed by atoms with van der Waals surface area (Å²) in [6.07, 6.45) is 3.54. The lowest BCUT2D eigenvalue weighted by Gasteiger charge is -2.42. The number of hydrogen-bond acceptors (Lipinski definition) is 4. The van der Waals surface area contributed by atoms with Gasteiger partial charge in [-0.2, -0.15) is 4.31 Å². The molecular weight excluding hydrogens is 424 g/mol. The van der Waals surface area contributed by atoms with Crippen LogP contribution in [0.15, 0.2) is 59.5 Å². The number of rotatable bonds is 6. The van der Waals surface area contributed by atoms with Crippen molar-refractivity contribution in [3.63, 3.8) is 0 Å². The summed E-state index contributed by atoms with van der Waals surface area (Å²) < 4.78 is 33.6. The predicted octanol–water partition coefficient (Wildman–Crippen LogP) is 4.29. The third-order valence-electron chi connectivity index (χ3n) is 7.01. The molecule has 1 amide bonds. The lowest BCUT2D eigenvalue weighted by Crippen LogP contribution is -2.47. The summed E-state index contributed by atoms with van der Waals surface area (Å²) in [5.41, 5.74) is 0.738. The molecule has 0 saturated carbocycles. The van der Waals surface area contributed by atoms with Gasteiger partial charge in [0.2, 0.25) is 15.9 Å². The van der Waals surface area contributed by atoms with E-state index in [1.165, 1.54) is 4.31 Å². The molecule has 0 spiro atoms. The van der Waals surface area contributed by atoms with Gasteiger partial charge in [0.05, 0.1) is 10.9 Å². The van der Waals surface area contributed by atoms with Crippen molar-refractivity contribution in [1.82, 2.24) is 9.62 Å². The molecule has 4 rings (SSSR count). The van der Waals surface area contributed by atoms with E-state index in [-0.39, 0.29) is 23.5 Å². The highest BCUT2D eigenvalue weighted by atomic mass is 32.2. The van der Waals surface area contributed by atoms with Crippen LogP contribution in [0.1, 0.15) is 57.6 Å². The van der Waals surface area contributed by atoms with Crippen LogP contribution in [0.3, 0.4) is 0 Å². The highest BCUT2D eigenvalue weighted by Gasteiger charge is 2.40. The van der Waals surface area contributed by atoms with Crippen LogP contribution in [-0.2, 0) is 14.8 Å². The molecule has 7 heteroatoms. The van der Waals surface area contributed by atoms with E-state index in [9.17, 15) is 13.2 Å². The Bertz CT molecular complexity index is 1040. The smallest absolute Gasteiger partial charge is 0.243 e. The van der Waals surface area contributed by atoms with Crippen LogP contribution >= 0.6 is 0 Å². The quantitative estimate of drug-likeness (QED) is 0.704. The summed E-state index contributed by atoms with van der Waals surface area (Å²) in [7, 11) is -3.52. The summed E-state index contributed by atoms with van der Waals surface area (Å²) in [6, 6.07) is 16.3. The van der Waals surface area contributed by atoms with Crippen LogP contribution in [0, 0.1) is 5.92 Å². The van der Waals surface area contributed by atoms with Crippen molar-refractivity contribution in [3.05, 3.63) is 60.2 Å². The lowest BCUT2D eigenvalue weighted by atomic mass is 9.83. The Hall–Kier alpha value is -2.38. The van der Waals surface area contributed by atoms with Gasteiger partial charge in [-0.1, -0.05) is 50.2 Å². The van der Waals surface area contributed by atoms with Crippen molar-refractivity contribution >= 4 is 15.9 Å². The highest BCUT2D eigenvalue weighted by Crippen LogP contribution is 2.42. The second kappa shape index (κ2) is 9.24. The van der Waals surface area contributed by atoms with Gasteiger partial charge >= 0.3 is 0 Å². The lowest BCUT2D eigenvalue weighted by molar-refractivity contribution is -0.127. The molecule has 0 aromatic heterocycles. The summed E-state index contributed by atoms with van der Waals surface area (Å²) in [5.74, 6) is 0.658. The number of para-hydroxylation sites is 1. The Morgan fingerprint density at radius 3 is 2.31 bits per heavy atom. The van der Waals surface area contributed by atoms with Crippen LogP contribution in [0.25, 0.3) is 0 Å². The van der Waals surface area contributed by atoms with Crippen molar-refractivity contribution in [1.29, 1.82) is 0 Å². The number of sulfonamides is 1. The van der Waals surface area contributed by atoms with E-state index in [0.29, 0.717) is 30.8 Å². The maximum absolute atomic E-state index is 13.2. The SMILES string of the molecule is CCC1(CC)CC(NC(=O)C2CCN(S(=O)(=O)c3ccccc3)CC2)c2ccccc2O1. The number of piperidine rings is 1. The van der Waals surface area contributed by atoms with Crippen LogP contribution in [-0.4, -0.2) is 37.3 Å². The summed E-state index contributed by atoms with van der Waals surface area (Å²) in [6.45, 7) is 4.96. The second-order valence-electron chi connectivity index (χ2n) is 8.79. The molecule has 1 N–H and O–H groups in total. The first kappa shape index (κ1) is 22.8. The molecule has 2 heterocycles. The maximum atomic E-state index is 13.2. The molecule has 32 heavy (non-hydrogen) atoms. The van der Waals surface area contributed by atoms with Gasteiger partial charge < -0.3 is 10.1 Å². The molecule has 1 saturated heterocycles. The summed E-state index contributed by atoms with van der Waals surface area (Å²) in [5, 5.41) is 3.27. The average Bonchev–Trinajstić information content (AvgIpc) is 2.84. The molecule has 6 nitrogen and oxygen atoms in total. The van der Waals surface area contributed by atoms with Crippen molar-refractivity contribution in [2.45, 2.75) is 62.5 Å². The Kier molecular flexibility index (Phi) is 6.58. The highest BCUT2D eigenvalue weighted by molar-refractivity contribution is 7.89. The number of nitrogens with zero attached hydrogens (tertiary/aromatic N) is 1. The number of benzene rings is 2. The Morgan fingerprint density at radius 1 is 1.03 bits per heavy atom. The fourth-order valence-electron chi connectivity index (χ4n) is 4.82. The molecule has 172 valence electrons. The number of ether oxygens (including phenoxy) is 1. The van der Waals surface area contributed by atoms with Gasteiger partial charge in [-0.05, 0) is 43.9 Å². The van der Waals surface area contributed by atoms with Crippen molar-refractivity contribution in [2.24, 2.45) is 5.92 Å². The van der Waals surface area contributed by atoms with E-state index in [4.69, 9.17) is 4.74 Å². The molecule has 1 atom stereocenters. The van der Waals surface area contributed by atoms with E-state index in [2.05, 4.69) is 19.2 Å². The minimum absolute atomic E-state index is 0.00423. The topological polar surface area (TPSA) is 75.7 Å². The Labute approximate surface area is 191 Å². The number of fused-ring (bicyclic) bond motifs is 1. The van der Waals surface area contributed by atoms with E-state index in [1.54, 1.807) is 30.3 Å². The summed E-state index contributed by atoms with van der Waals surface area (Å²) in [4.78, 5) is 13.5. The maximum Gasteiger partial charge on any atom is 0.243 e. The van der Waals surface area contributed by atoms with E-state index < -0.39 is 10.0 Å². The van der Waals surface area contributed by atoms with Crippen molar-refractivity contribution < 1.29 is 17.9 Å². The molecular formula is C25H32N2O4S. The van der Waals surface area contributed by atoms with Gasteiger partial charge in [0.15, 0.2) is 0 Å². The first-order valence-corrected chi connectivity index (χ1v) is 13.0. The third-order valence-corrected chi connectivity index (χ3v) is 8.92. The fourth-order valence-corrected chi connectivity index (χ4v) is 6.31. The van der Waals surface area contributed by atoms with Crippen LogP contribution in [0.2, 0.25) is 0 Å². The van der Waals surface area contributed by atoms with Crippen molar-refractivity contribution in [2.75, 3.05) is 13.1 Å². The molecule has 1 fully saturated rings. The van der Waals surface area contributed by atoms with Gasteiger partial charge in [-0.3, -0.25) is 4.79 Å². The molecule has 2 aliphatic rings. The van der Waals surface area contributed by atoms with Gasteiger partial charge in [-0.15, -0.1) is 0 Å². The first-order valence-electron chi connectivity index (χ1n) is 11.5. The van der Waals surface area contributed by atoms with Gasteiger partial charge in [0.25, 0.3) is 0 Å². The Balaban J connectivity index is 1.43. The number of hydrogen-bond donors (Lipinski definition) is 1. The fraction of sp³-hybridized carbons (Fsp3) is 0.480. The largest absolute Gasteiger partial charge is 0.487 e. The van der Waals surface area contributed by atoms with E-state index in [0.717, 1.165) is 30.6 Å². The Morgan fingerprint density at radius 2 is 1.66 bits per heavy atom. The van der Waals surface area contributed by atoms with Crippen LogP contribution in [0.5, 0.6) is 5.75 Å². The predicted molar refractivity (Wildman–Crippen MR) is 124 cm³/mol. The number of carbonyl (C=O) groups excluding carboxylic acids is 1. The zero-order valence-electron chi connectivity index (χ0n) is 18.8. The van der Waals surface area contributed by atoms with Gasteiger partial charge in [0, 0.05) is 31.0 Å². The first-order chi connectivity index (χ1) is 15.4. The summed E-state index contributed by atoms with van der Waals surface area (Å²) >= 11 is 0. The zero-order chi connectivity index (χ0) is 22.8. The number of nitrogens with one attached hydrogen (secondary N) is 1. The molecule has 2 aromatic rings. The monoisotopic (exact) mass is 456 g/mol. The number of carbonyl (C=O) groups is 1.